The van der Waals surface area contributed by atoms with Gasteiger partial charge in [0.2, 0.25) is 0 Å². The van der Waals surface area contributed by atoms with Crippen LogP contribution in [0.2, 0.25) is 0 Å². The fourth-order valence-corrected chi connectivity index (χ4v) is 11.5. The maximum absolute atomic E-state index is 2.78. The van der Waals surface area contributed by atoms with Gasteiger partial charge in [0.15, 0.2) is 0 Å². The summed E-state index contributed by atoms with van der Waals surface area (Å²) < 4.78 is 2.78. The topological polar surface area (TPSA) is 11.4 Å². The molecule has 0 amide bonds. The van der Waals surface area contributed by atoms with E-state index < -0.39 is 0 Å². The van der Waals surface area contributed by atoms with Gasteiger partial charge in [-0.15, -0.1) is 0 Å². The van der Waals surface area contributed by atoms with Crippen molar-refractivity contribution < 1.29 is 0 Å². The average Bonchev–Trinajstić information content (AvgIpc) is 3.72. The molecule has 8 aromatic rings. The second-order valence-electron chi connectivity index (χ2n) is 22.9. The number of nitrogens with zero attached hydrogens (tertiary/aromatic N) is 3. The highest BCUT2D eigenvalue weighted by atomic mass is 15.2. The van der Waals surface area contributed by atoms with Crippen LogP contribution in [0, 0.1) is 13.8 Å². The van der Waals surface area contributed by atoms with Crippen molar-refractivity contribution in [3.05, 3.63) is 179 Å². The van der Waals surface area contributed by atoms with Gasteiger partial charge >= 0.3 is 6.85 Å². The van der Waals surface area contributed by atoms with Crippen LogP contribution in [0.25, 0.3) is 33.2 Å². The number of aryl methyl sites for hydroxylation is 2. The summed E-state index contributed by atoms with van der Waals surface area (Å²) >= 11 is 0. The Balaban J connectivity index is 1.22. The summed E-state index contributed by atoms with van der Waals surface area (Å²) in [6.45, 7) is 30.1. The minimum atomic E-state index is -0.198. The molecule has 3 nitrogen and oxygen atoms in total. The molecule has 1 aliphatic carbocycles. The first kappa shape index (κ1) is 41.4. The molecule has 0 saturated carbocycles. The van der Waals surface area contributed by atoms with Gasteiger partial charge in [0.25, 0.3) is 0 Å². The monoisotopic (exact) mass is 848 g/mol. The van der Waals surface area contributed by atoms with E-state index in [2.05, 4.69) is 244 Å². The van der Waals surface area contributed by atoms with Gasteiger partial charge in [-0.05, 0) is 134 Å². The summed E-state index contributed by atoms with van der Waals surface area (Å²) in [5, 5.41) is 1.35. The standard InChI is InChI=1S/C61H62BN3/c1-37-33-48-45-18-16-19-47-54-46-17-14-15-20-49(46)61(12,13)57(54)65(56(45)47)62-50-31-30-44(36-52(50)64(53(34-37)55(48)62)51-32-25-41(35-38(51)2)60(9,10)11)63(42-26-21-39(22-27-42)58(3,4)5)43-28-23-40(24-29-43)59(6,7)8/h14-36H,1-13H3. The van der Waals surface area contributed by atoms with Crippen molar-refractivity contribution in [1.29, 1.82) is 0 Å². The van der Waals surface area contributed by atoms with Crippen LogP contribution in [-0.4, -0.2) is 11.3 Å². The lowest BCUT2D eigenvalue weighted by Gasteiger charge is -2.43. The van der Waals surface area contributed by atoms with E-state index in [9.17, 15) is 0 Å². The van der Waals surface area contributed by atoms with Crippen LogP contribution in [0.5, 0.6) is 0 Å². The summed E-state index contributed by atoms with van der Waals surface area (Å²) in [6, 6.07) is 54.1. The highest BCUT2D eigenvalue weighted by Gasteiger charge is 2.49. The molecule has 7 aromatic carbocycles. The first-order chi connectivity index (χ1) is 30.7. The van der Waals surface area contributed by atoms with Crippen molar-refractivity contribution in [2.75, 3.05) is 9.80 Å². The van der Waals surface area contributed by atoms with E-state index in [1.807, 2.05) is 0 Å². The van der Waals surface area contributed by atoms with Crippen LogP contribution in [0.15, 0.2) is 140 Å². The van der Waals surface area contributed by atoms with Gasteiger partial charge in [0, 0.05) is 67.3 Å². The fraction of sp³-hybridized carbons (Fsp3) is 0.279. The van der Waals surface area contributed by atoms with Crippen LogP contribution in [0.1, 0.15) is 115 Å². The Labute approximate surface area is 387 Å². The molecule has 0 unspecified atom stereocenters. The number of aromatic nitrogens is 1. The molecule has 324 valence electrons. The summed E-state index contributed by atoms with van der Waals surface area (Å²) in [6.07, 6.45) is 0. The normalized spacial score (nSPS) is 14.6. The van der Waals surface area contributed by atoms with Crippen LogP contribution in [0.4, 0.5) is 34.1 Å². The Morgan fingerprint density at radius 2 is 1.09 bits per heavy atom. The van der Waals surface area contributed by atoms with Crippen molar-refractivity contribution in [2.24, 2.45) is 0 Å². The molecule has 11 rings (SSSR count). The molecule has 1 aromatic heterocycles. The Morgan fingerprint density at radius 1 is 0.508 bits per heavy atom. The number of benzene rings is 7. The van der Waals surface area contributed by atoms with Gasteiger partial charge in [0.05, 0.1) is 0 Å². The molecule has 0 N–H and O–H groups in total. The van der Waals surface area contributed by atoms with E-state index in [4.69, 9.17) is 0 Å². The quantitative estimate of drug-likeness (QED) is 0.164. The maximum Gasteiger partial charge on any atom is 0.332 e. The van der Waals surface area contributed by atoms with Crippen LogP contribution < -0.4 is 20.7 Å². The molecular formula is C61H62BN3. The Morgan fingerprint density at radius 3 is 1.71 bits per heavy atom. The third-order valence-electron chi connectivity index (χ3n) is 14.9. The number of hydrogen-bond donors (Lipinski definition) is 0. The van der Waals surface area contributed by atoms with Crippen molar-refractivity contribution in [3.8, 4) is 22.3 Å². The third kappa shape index (κ3) is 6.16. The maximum atomic E-state index is 2.78. The molecule has 0 radical (unpaired) electrons. The van der Waals surface area contributed by atoms with E-state index in [-0.39, 0.29) is 28.5 Å². The molecule has 65 heavy (non-hydrogen) atoms. The number of anilines is 6. The van der Waals surface area contributed by atoms with Gasteiger partial charge in [-0.3, -0.25) is 0 Å². The van der Waals surface area contributed by atoms with Crippen molar-refractivity contribution in [1.82, 2.24) is 4.48 Å². The zero-order valence-corrected chi connectivity index (χ0v) is 40.7. The van der Waals surface area contributed by atoms with E-state index in [1.54, 1.807) is 0 Å². The fourth-order valence-electron chi connectivity index (χ4n) is 11.5. The predicted molar refractivity (Wildman–Crippen MR) is 280 cm³/mol. The van der Waals surface area contributed by atoms with E-state index >= 15 is 0 Å². The second-order valence-corrected chi connectivity index (χ2v) is 22.9. The molecule has 2 aliphatic heterocycles. The lowest BCUT2D eigenvalue weighted by molar-refractivity contribution is 0.589. The summed E-state index contributed by atoms with van der Waals surface area (Å²) in [4.78, 5) is 5.08. The molecule has 0 atom stereocenters. The molecule has 3 aliphatic rings. The molecule has 4 heteroatoms. The van der Waals surface area contributed by atoms with E-state index in [1.165, 1.54) is 100 Å². The third-order valence-corrected chi connectivity index (χ3v) is 14.9. The Kier molecular flexibility index (Phi) is 8.85. The number of hydrogen-bond acceptors (Lipinski definition) is 2. The lowest BCUT2D eigenvalue weighted by Crippen LogP contribution is -2.57. The van der Waals surface area contributed by atoms with E-state index in [0.717, 1.165) is 17.1 Å². The summed E-state index contributed by atoms with van der Waals surface area (Å²) in [7, 11) is 0. The summed E-state index contributed by atoms with van der Waals surface area (Å²) in [5.74, 6) is 0. The van der Waals surface area contributed by atoms with Crippen molar-refractivity contribution in [3.63, 3.8) is 0 Å². The zero-order valence-electron chi connectivity index (χ0n) is 40.7. The zero-order chi connectivity index (χ0) is 45.7. The Hall–Kier alpha value is -6.26. The van der Waals surface area contributed by atoms with Crippen LogP contribution in [-0.2, 0) is 21.7 Å². The van der Waals surface area contributed by atoms with Crippen molar-refractivity contribution >= 4 is 62.8 Å². The highest BCUT2D eigenvalue weighted by Crippen LogP contribution is 2.56. The smallest absolute Gasteiger partial charge is 0.332 e. The summed E-state index contributed by atoms with van der Waals surface area (Å²) in [5.41, 5.74) is 25.9. The number of rotatable bonds is 4. The highest BCUT2D eigenvalue weighted by molar-refractivity contribution is 6.89. The number of para-hydroxylation sites is 1. The molecule has 0 saturated heterocycles. The first-order valence-corrected chi connectivity index (χ1v) is 23.7. The predicted octanol–water partition coefficient (Wildman–Crippen LogP) is 15.3. The lowest BCUT2D eigenvalue weighted by atomic mass is 9.44. The van der Waals surface area contributed by atoms with Crippen LogP contribution in [0.3, 0.4) is 0 Å². The largest absolute Gasteiger partial charge is 0.378 e. The average molecular weight is 848 g/mol. The molecule has 0 spiro atoms. The molecule has 3 heterocycles. The van der Waals surface area contributed by atoms with Gasteiger partial charge < -0.3 is 14.3 Å². The number of fused-ring (bicyclic) bond motifs is 9. The Bertz CT molecular complexity index is 3190. The molecule has 0 fully saturated rings. The molecular weight excluding hydrogens is 786 g/mol. The minimum absolute atomic E-state index is 0.0315. The van der Waals surface area contributed by atoms with Gasteiger partial charge in [-0.1, -0.05) is 167 Å². The van der Waals surface area contributed by atoms with Crippen molar-refractivity contribution in [2.45, 2.75) is 112 Å². The van der Waals surface area contributed by atoms with Crippen LogP contribution >= 0.6 is 0 Å². The first-order valence-electron chi connectivity index (χ1n) is 23.7. The minimum Gasteiger partial charge on any atom is -0.378 e. The second kappa shape index (κ2) is 13.9. The van der Waals surface area contributed by atoms with Gasteiger partial charge in [-0.25, -0.2) is 0 Å². The van der Waals surface area contributed by atoms with E-state index in [0.29, 0.717) is 0 Å². The SMILES string of the molecule is Cc1cc2c3c(c1)N(c1ccc(C(C)(C)C)cc1C)c1cc(N(c4ccc(C(C)(C)C)cc4)c4ccc(C(C)(C)C)cc4)ccc1B3n1c3c(c4cccc-2c41)-c1ccccc1C3(C)C. The van der Waals surface area contributed by atoms with Gasteiger partial charge in [-0.2, -0.15) is 0 Å². The molecule has 0 bridgehead atoms. The van der Waals surface area contributed by atoms with Gasteiger partial charge in [0.1, 0.15) is 0 Å².